The Bertz CT molecular complexity index is 1080. The molecule has 0 saturated heterocycles. The van der Waals surface area contributed by atoms with E-state index >= 15 is 0 Å². The number of anilines is 1. The third-order valence-electron chi connectivity index (χ3n) is 3.97. The summed E-state index contributed by atoms with van der Waals surface area (Å²) in [7, 11) is 1.64. The number of carbonyl (C=O) groups is 1. The second kappa shape index (κ2) is 6.86. The van der Waals surface area contributed by atoms with Gasteiger partial charge < -0.3 is 4.74 Å². The summed E-state index contributed by atoms with van der Waals surface area (Å²) in [4.78, 5) is 22.4. The third-order valence-corrected chi connectivity index (χ3v) is 5.65. The molecule has 2 aromatic heterocycles. The van der Waals surface area contributed by atoms with Crippen LogP contribution in [0.3, 0.4) is 0 Å². The number of amides is 1. The Hall–Kier alpha value is -2.77. The minimum absolute atomic E-state index is 0.171. The fraction of sp³-hybridized carbons (Fsp3) is 0.105. The van der Waals surface area contributed by atoms with Crippen LogP contribution < -0.4 is 10.1 Å². The Balaban J connectivity index is 1.57. The first-order valence-electron chi connectivity index (χ1n) is 7.90. The van der Waals surface area contributed by atoms with Gasteiger partial charge in [-0.3, -0.25) is 10.1 Å². The molecule has 0 aliphatic carbocycles. The predicted octanol–water partition coefficient (Wildman–Crippen LogP) is 4.99. The Labute approximate surface area is 158 Å². The molecule has 2 heterocycles. The van der Waals surface area contributed by atoms with Crippen molar-refractivity contribution in [3.8, 4) is 17.0 Å². The number of thiazole rings is 2. The van der Waals surface area contributed by atoms with Crippen LogP contribution in [0.4, 0.5) is 5.13 Å². The first-order chi connectivity index (χ1) is 12.6. The number of fused-ring (bicyclic) bond motifs is 1. The molecule has 0 unspecified atom stereocenters. The van der Waals surface area contributed by atoms with E-state index in [1.807, 2.05) is 43.3 Å². The molecule has 0 bridgehead atoms. The van der Waals surface area contributed by atoms with Crippen molar-refractivity contribution in [3.63, 3.8) is 0 Å². The average molecular weight is 381 g/mol. The summed E-state index contributed by atoms with van der Waals surface area (Å²) in [6.45, 7) is 2.00. The first-order valence-corrected chi connectivity index (χ1v) is 9.60. The van der Waals surface area contributed by atoms with Crippen LogP contribution >= 0.6 is 22.7 Å². The van der Waals surface area contributed by atoms with Gasteiger partial charge in [-0.1, -0.05) is 0 Å². The summed E-state index contributed by atoms with van der Waals surface area (Å²) >= 11 is 2.98. The van der Waals surface area contributed by atoms with Crippen molar-refractivity contribution in [3.05, 3.63) is 58.4 Å². The van der Waals surface area contributed by atoms with E-state index in [0.717, 1.165) is 32.1 Å². The maximum atomic E-state index is 12.5. The summed E-state index contributed by atoms with van der Waals surface area (Å²) < 4.78 is 6.18. The van der Waals surface area contributed by atoms with E-state index in [1.165, 1.54) is 22.7 Å². The van der Waals surface area contributed by atoms with Crippen molar-refractivity contribution >= 4 is 43.9 Å². The van der Waals surface area contributed by atoms with Crippen molar-refractivity contribution in [2.24, 2.45) is 0 Å². The van der Waals surface area contributed by atoms with Gasteiger partial charge in [-0.25, -0.2) is 9.97 Å². The number of methoxy groups -OCH3 is 1. The largest absolute Gasteiger partial charge is 0.497 e. The average Bonchev–Trinajstić information content (AvgIpc) is 3.27. The number of aromatic nitrogens is 2. The second-order valence-electron chi connectivity index (χ2n) is 5.64. The zero-order valence-corrected chi connectivity index (χ0v) is 15.8. The van der Waals surface area contributed by atoms with Gasteiger partial charge in [0.15, 0.2) is 5.13 Å². The molecule has 130 valence electrons. The van der Waals surface area contributed by atoms with E-state index in [1.54, 1.807) is 18.7 Å². The summed E-state index contributed by atoms with van der Waals surface area (Å²) in [5.41, 5.74) is 5.13. The lowest BCUT2D eigenvalue weighted by molar-refractivity contribution is 0.102. The van der Waals surface area contributed by atoms with Gasteiger partial charge in [-0.2, -0.15) is 0 Å². The van der Waals surface area contributed by atoms with Crippen molar-refractivity contribution in [2.45, 2.75) is 6.92 Å². The lowest BCUT2D eigenvalue weighted by Gasteiger charge is -2.02. The van der Waals surface area contributed by atoms with Crippen LogP contribution in [-0.2, 0) is 0 Å². The van der Waals surface area contributed by atoms with Crippen LogP contribution in [0.1, 0.15) is 15.2 Å². The molecular weight excluding hydrogens is 366 g/mol. The van der Waals surface area contributed by atoms with Crippen LogP contribution in [0.5, 0.6) is 5.75 Å². The van der Waals surface area contributed by atoms with E-state index in [4.69, 9.17) is 4.74 Å². The van der Waals surface area contributed by atoms with Gasteiger partial charge >= 0.3 is 0 Å². The third kappa shape index (κ3) is 3.18. The van der Waals surface area contributed by atoms with Crippen LogP contribution in [0.25, 0.3) is 21.5 Å². The molecule has 0 aliphatic rings. The van der Waals surface area contributed by atoms with Gasteiger partial charge in [0, 0.05) is 16.0 Å². The Morgan fingerprint density at radius 3 is 2.73 bits per heavy atom. The fourth-order valence-corrected chi connectivity index (χ4v) is 4.18. The second-order valence-corrected chi connectivity index (χ2v) is 7.73. The molecule has 4 rings (SSSR count). The highest BCUT2D eigenvalue weighted by Crippen LogP contribution is 2.31. The van der Waals surface area contributed by atoms with Crippen LogP contribution in [0.15, 0.2) is 48.0 Å². The molecule has 0 fully saturated rings. The summed E-state index contributed by atoms with van der Waals surface area (Å²) in [5.74, 6) is 0.629. The highest BCUT2D eigenvalue weighted by molar-refractivity contribution is 7.16. The molecule has 0 radical (unpaired) electrons. The van der Waals surface area contributed by atoms with Crippen molar-refractivity contribution in [1.29, 1.82) is 0 Å². The van der Waals surface area contributed by atoms with Gasteiger partial charge in [0.05, 0.1) is 28.5 Å². The maximum Gasteiger partial charge on any atom is 0.257 e. The van der Waals surface area contributed by atoms with E-state index in [-0.39, 0.29) is 5.91 Å². The predicted molar refractivity (Wildman–Crippen MR) is 106 cm³/mol. The number of nitrogens with zero attached hydrogens (tertiary/aromatic N) is 2. The summed E-state index contributed by atoms with van der Waals surface area (Å²) in [6, 6.07) is 13.2. The lowest BCUT2D eigenvalue weighted by Crippen LogP contribution is -2.11. The minimum Gasteiger partial charge on any atom is -0.497 e. The number of nitrogens with one attached hydrogen (secondary N) is 1. The zero-order valence-electron chi connectivity index (χ0n) is 14.1. The van der Waals surface area contributed by atoms with Crippen molar-refractivity contribution < 1.29 is 9.53 Å². The van der Waals surface area contributed by atoms with Gasteiger partial charge in [-0.05, 0) is 49.4 Å². The standard InChI is InChI=1S/C19H15N3O2S2/c1-11-17(12-3-6-14(24-2)7-4-12)21-19(26-11)22-18(23)13-5-8-15-16(9-13)25-10-20-15/h3-10H,1-2H3,(H,21,22,23). The maximum absolute atomic E-state index is 12.5. The molecule has 4 aromatic rings. The summed E-state index contributed by atoms with van der Waals surface area (Å²) in [6.07, 6.45) is 0. The number of carbonyl (C=O) groups excluding carboxylic acids is 1. The Morgan fingerprint density at radius 2 is 1.96 bits per heavy atom. The quantitative estimate of drug-likeness (QED) is 0.541. The fourth-order valence-electron chi connectivity index (χ4n) is 2.63. The molecule has 0 aliphatic heterocycles. The zero-order chi connectivity index (χ0) is 18.1. The first kappa shape index (κ1) is 16.7. The van der Waals surface area contributed by atoms with E-state index < -0.39 is 0 Å². The van der Waals surface area contributed by atoms with Crippen LogP contribution in [0.2, 0.25) is 0 Å². The minimum atomic E-state index is -0.171. The number of benzene rings is 2. The lowest BCUT2D eigenvalue weighted by atomic mass is 10.1. The molecule has 1 amide bonds. The van der Waals surface area contributed by atoms with Crippen LogP contribution in [-0.4, -0.2) is 23.0 Å². The number of hydrogen-bond acceptors (Lipinski definition) is 6. The van der Waals surface area contributed by atoms with Gasteiger partial charge in [0.2, 0.25) is 0 Å². The SMILES string of the molecule is COc1ccc(-c2nc(NC(=O)c3ccc4ncsc4c3)sc2C)cc1. The van der Waals surface area contributed by atoms with Gasteiger partial charge in [0.25, 0.3) is 5.91 Å². The molecule has 26 heavy (non-hydrogen) atoms. The smallest absolute Gasteiger partial charge is 0.257 e. The Morgan fingerprint density at radius 1 is 1.15 bits per heavy atom. The van der Waals surface area contributed by atoms with Crippen molar-refractivity contribution in [1.82, 2.24) is 9.97 Å². The topological polar surface area (TPSA) is 64.1 Å². The highest BCUT2D eigenvalue weighted by atomic mass is 32.1. The molecule has 2 aromatic carbocycles. The number of rotatable bonds is 4. The monoisotopic (exact) mass is 381 g/mol. The molecule has 0 saturated carbocycles. The van der Waals surface area contributed by atoms with E-state index in [2.05, 4.69) is 15.3 Å². The Kier molecular flexibility index (Phi) is 4.40. The molecule has 1 N–H and O–H groups in total. The highest BCUT2D eigenvalue weighted by Gasteiger charge is 2.14. The van der Waals surface area contributed by atoms with Gasteiger partial charge in [0.1, 0.15) is 5.75 Å². The number of hydrogen-bond donors (Lipinski definition) is 1. The molecule has 0 spiro atoms. The normalized spacial score (nSPS) is 10.8. The van der Waals surface area contributed by atoms with Crippen LogP contribution in [0, 0.1) is 6.92 Å². The van der Waals surface area contributed by atoms with Gasteiger partial charge in [-0.15, -0.1) is 22.7 Å². The number of aryl methyl sites for hydroxylation is 1. The molecule has 0 atom stereocenters. The molecule has 5 nitrogen and oxygen atoms in total. The molecule has 7 heteroatoms. The molecular formula is C19H15N3O2S2. The summed E-state index contributed by atoms with van der Waals surface area (Å²) in [5, 5.41) is 3.48. The van der Waals surface area contributed by atoms with E-state index in [9.17, 15) is 4.79 Å². The number of ether oxygens (including phenoxy) is 1. The van der Waals surface area contributed by atoms with E-state index in [0.29, 0.717) is 10.7 Å². The van der Waals surface area contributed by atoms with Crippen molar-refractivity contribution in [2.75, 3.05) is 12.4 Å².